The van der Waals surface area contributed by atoms with Crippen LogP contribution in [0, 0.1) is 11.3 Å². The largest absolute Gasteiger partial charge is 0.369 e. The second kappa shape index (κ2) is 7.93. The summed E-state index contributed by atoms with van der Waals surface area (Å²) in [5, 5.41) is 11.8. The van der Waals surface area contributed by atoms with Gasteiger partial charge in [0, 0.05) is 24.2 Å². The molecule has 0 fully saturated rings. The molecule has 180 valence electrons. The maximum absolute atomic E-state index is 13.3. The van der Waals surface area contributed by atoms with Gasteiger partial charge in [-0.3, -0.25) is 9.78 Å². The molecule has 0 spiro atoms. The van der Waals surface area contributed by atoms with Gasteiger partial charge in [-0.15, -0.1) is 0 Å². The van der Waals surface area contributed by atoms with Gasteiger partial charge in [0.15, 0.2) is 11.5 Å². The lowest BCUT2D eigenvalue weighted by molar-refractivity contribution is -0.119. The van der Waals surface area contributed by atoms with Gasteiger partial charge < -0.3 is 5.73 Å². The first-order valence-corrected chi connectivity index (χ1v) is 11.7. The number of nitrogens with zero attached hydrogens (tertiary/aromatic N) is 5. The Morgan fingerprint density at radius 3 is 2.24 bits per heavy atom. The molecule has 1 unspecified atom stereocenters. The molecule has 15 heteroatoms. The summed E-state index contributed by atoms with van der Waals surface area (Å²) < 4.78 is 67.2. The minimum absolute atomic E-state index is 0.00555. The quantitative estimate of drug-likeness (QED) is 0.287. The summed E-state index contributed by atoms with van der Waals surface area (Å²) in [7, 11) is -10.1. The number of nitrogens with two attached hydrogens (primary N) is 1. The van der Waals surface area contributed by atoms with Gasteiger partial charge >= 0.3 is 10.2 Å². The van der Waals surface area contributed by atoms with Crippen LogP contribution in [-0.2, 0) is 4.79 Å². The second-order valence-electron chi connectivity index (χ2n) is 6.98. The monoisotopic (exact) mass is 538 g/mol. The van der Waals surface area contributed by atoms with E-state index in [4.69, 9.17) is 28.9 Å². The van der Waals surface area contributed by atoms with E-state index in [-0.39, 0.29) is 29.2 Å². The van der Waals surface area contributed by atoms with Crippen LogP contribution in [-0.4, -0.2) is 26.9 Å². The normalized spacial score (nSPS) is 14.9. The van der Waals surface area contributed by atoms with Crippen molar-refractivity contribution in [1.29, 1.82) is 5.26 Å². The van der Waals surface area contributed by atoms with Crippen LogP contribution in [0.4, 0.5) is 25.2 Å². The van der Waals surface area contributed by atoms with Crippen LogP contribution in [0.1, 0.15) is 29.7 Å². The van der Waals surface area contributed by atoms with Crippen molar-refractivity contribution in [2.45, 2.75) is 17.7 Å². The number of carbonyl (C=O) groups is 1. The lowest BCUT2D eigenvalue weighted by Gasteiger charge is -2.40. The Morgan fingerprint density at radius 1 is 1.21 bits per heavy atom. The highest BCUT2D eigenvalue weighted by Crippen LogP contribution is 3.02. The van der Waals surface area contributed by atoms with Crippen LogP contribution < -0.4 is 5.73 Å². The molecule has 0 saturated carbocycles. The van der Waals surface area contributed by atoms with Crippen molar-refractivity contribution >= 4 is 51.4 Å². The number of nitriles is 1. The minimum Gasteiger partial charge on any atom is -0.369 e. The van der Waals surface area contributed by atoms with Crippen LogP contribution in [0.5, 0.6) is 0 Å². The standard InChI is InChI=1S/C19H13Cl2F5N6OS/c1-10(18(28)33)16-15(8-27)31-32(19(16)30-9-11-2-4-29-5-3-11)17-13(20)6-12(7-14(17)21)34(22,23,24,25)26/h2-7,9-10H,1H3,(H2,28,33)/b30-9+. The Morgan fingerprint density at radius 2 is 1.76 bits per heavy atom. The van der Waals surface area contributed by atoms with Crippen molar-refractivity contribution in [3.63, 3.8) is 0 Å². The van der Waals surface area contributed by atoms with E-state index in [0.29, 0.717) is 5.56 Å². The highest BCUT2D eigenvalue weighted by Gasteiger charge is 2.65. The molecule has 2 N–H and O–H groups in total. The SMILES string of the molecule is CC(C(N)=O)c1c(C#N)nn(-c2c(Cl)cc(S(F)(F)(F)(F)F)cc2Cl)c1/N=C/c1ccncc1. The third kappa shape index (κ3) is 5.14. The molecule has 0 saturated heterocycles. The van der Waals surface area contributed by atoms with Crippen LogP contribution >= 0.6 is 33.4 Å². The van der Waals surface area contributed by atoms with E-state index in [1.807, 2.05) is 0 Å². The van der Waals surface area contributed by atoms with Crippen LogP contribution in [0.2, 0.25) is 10.0 Å². The van der Waals surface area contributed by atoms with Gasteiger partial charge in [0.25, 0.3) is 0 Å². The smallest absolute Gasteiger partial charge is 0.310 e. The van der Waals surface area contributed by atoms with E-state index in [1.54, 1.807) is 18.2 Å². The number of aromatic nitrogens is 3. The summed E-state index contributed by atoms with van der Waals surface area (Å²) in [6.07, 6.45) is 4.20. The van der Waals surface area contributed by atoms with Gasteiger partial charge in [0.1, 0.15) is 16.7 Å². The first kappa shape index (κ1) is 25.4. The third-order valence-corrected chi connectivity index (χ3v) is 6.25. The molecule has 1 amide bonds. The Kier molecular flexibility index (Phi) is 5.93. The van der Waals surface area contributed by atoms with Gasteiger partial charge in [-0.1, -0.05) is 42.6 Å². The first-order chi connectivity index (χ1) is 15.5. The van der Waals surface area contributed by atoms with E-state index >= 15 is 0 Å². The number of rotatable bonds is 6. The van der Waals surface area contributed by atoms with Gasteiger partial charge in [-0.25, -0.2) is 9.67 Å². The summed E-state index contributed by atoms with van der Waals surface area (Å²) >= 11 is 11.9. The summed E-state index contributed by atoms with van der Waals surface area (Å²) in [5.41, 5.74) is 5.01. The molecule has 1 atom stereocenters. The molecule has 0 bridgehead atoms. The maximum Gasteiger partial charge on any atom is 0.310 e. The third-order valence-electron chi connectivity index (χ3n) is 4.55. The Balaban J connectivity index is 2.34. The fourth-order valence-electron chi connectivity index (χ4n) is 2.88. The lowest BCUT2D eigenvalue weighted by Crippen LogP contribution is -2.19. The highest BCUT2D eigenvalue weighted by molar-refractivity contribution is 8.45. The van der Waals surface area contributed by atoms with Gasteiger partial charge in [0.05, 0.1) is 16.0 Å². The predicted octanol–water partition coefficient (Wildman–Crippen LogP) is 6.44. The number of amides is 1. The molecule has 3 aromatic rings. The fourth-order valence-corrected chi connectivity index (χ4v) is 4.34. The molecular formula is C19H13Cl2F5N6OS. The van der Waals surface area contributed by atoms with E-state index in [9.17, 15) is 29.5 Å². The molecule has 7 nitrogen and oxygen atoms in total. The summed E-state index contributed by atoms with van der Waals surface area (Å²) in [6, 6.07) is 4.88. The number of pyridine rings is 1. The minimum atomic E-state index is -10.1. The van der Waals surface area contributed by atoms with Crippen molar-refractivity contribution in [2.75, 3.05) is 0 Å². The van der Waals surface area contributed by atoms with E-state index in [0.717, 1.165) is 4.68 Å². The lowest BCUT2D eigenvalue weighted by atomic mass is 10.0. The zero-order valence-electron chi connectivity index (χ0n) is 16.9. The van der Waals surface area contributed by atoms with Crippen molar-refractivity contribution in [2.24, 2.45) is 10.7 Å². The summed E-state index contributed by atoms with van der Waals surface area (Å²) in [6.45, 7) is 1.36. The van der Waals surface area contributed by atoms with Gasteiger partial charge in [-0.2, -0.15) is 10.4 Å². The maximum atomic E-state index is 13.3. The molecule has 0 radical (unpaired) electrons. The molecule has 0 aliphatic heterocycles. The van der Waals surface area contributed by atoms with Crippen molar-refractivity contribution in [3.8, 4) is 11.8 Å². The van der Waals surface area contributed by atoms with Crippen molar-refractivity contribution in [1.82, 2.24) is 14.8 Å². The molecule has 34 heavy (non-hydrogen) atoms. The Hall–Kier alpha value is -3.21. The average Bonchev–Trinajstić information content (AvgIpc) is 3.08. The zero-order valence-corrected chi connectivity index (χ0v) is 19.2. The highest BCUT2D eigenvalue weighted by atomic mass is 35.5. The van der Waals surface area contributed by atoms with Crippen molar-refractivity contribution < 1.29 is 24.2 Å². The van der Waals surface area contributed by atoms with E-state index in [2.05, 4.69) is 15.1 Å². The van der Waals surface area contributed by atoms with Crippen LogP contribution in [0.25, 0.3) is 5.69 Å². The van der Waals surface area contributed by atoms with Crippen LogP contribution in [0.3, 0.4) is 0 Å². The average molecular weight is 539 g/mol. The number of halogens is 7. The van der Waals surface area contributed by atoms with Gasteiger partial charge in [-0.05, 0) is 36.8 Å². The first-order valence-electron chi connectivity index (χ1n) is 9.03. The second-order valence-corrected chi connectivity index (χ2v) is 10.2. The van der Waals surface area contributed by atoms with Crippen molar-refractivity contribution in [3.05, 3.63) is 63.5 Å². The number of hydrogen-bond acceptors (Lipinski definition) is 5. The number of benzene rings is 1. The Bertz CT molecular complexity index is 1350. The molecular weight excluding hydrogens is 526 g/mol. The Labute approximate surface area is 199 Å². The van der Waals surface area contributed by atoms with Crippen LogP contribution in [0.15, 0.2) is 46.5 Å². The summed E-state index contributed by atoms with van der Waals surface area (Å²) in [5.74, 6) is -2.19. The predicted molar refractivity (Wildman–Crippen MR) is 119 cm³/mol. The van der Waals surface area contributed by atoms with E-state index < -0.39 is 42.7 Å². The molecule has 0 aliphatic carbocycles. The number of aliphatic imine (C=N–C) groups is 1. The molecule has 3 rings (SSSR count). The number of carbonyl (C=O) groups excluding carboxylic acids is 1. The fraction of sp³-hybridized carbons (Fsp3) is 0.105. The zero-order chi connectivity index (χ0) is 25.5. The number of hydrogen-bond donors (Lipinski definition) is 1. The molecule has 1 aromatic carbocycles. The number of primary amides is 1. The molecule has 0 aliphatic rings. The topological polar surface area (TPSA) is 110 Å². The molecule has 2 heterocycles. The molecule has 2 aromatic heterocycles. The van der Waals surface area contributed by atoms with E-state index in [1.165, 1.54) is 25.5 Å². The summed E-state index contributed by atoms with van der Waals surface area (Å²) in [4.78, 5) is 17.6. The van der Waals surface area contributed by atoms with Gasteiger partial charge in [0.2, 0.25) is 5.91 Å².